The van der Waals surface area contributed by atoms with Gasteiger partial charge in [0, 0.05) is 25.3 Å². The number of rotatable bonds is 5. The molecule has 5 nitrogen and oxygen atoms in total. The second-order valence-electron chi connectivity index (χ2n) is 6.03. The number of carbonyl (C=O) groups is 1. The highest BCUT2D eigenvalue weighted by molar-refractivity contribution is 6.01. The van der Waals surface area contributed by atoms with Gasteiger partial charge in [-0.15, -0.1) is 0 Å². The summed E-state index contributed by atoms with van der Waals surface area (Å²) < 4.78 is 5.36. The van der Waals surface area contributed by atoms with E-state index >= 15 is 0 Å². The van der Waals surface area contributed by atoms with Crippen molar-refractivity contribution < 1.29 is 9.53 Å². The number of nitriles is 1. The molecule has 2 aromatic carbocycles. The zero-order valence-electron chi connectivity index (χ0n) is 14.5. The lowest BCUT2D eigenvalue weighted by Crippen LogP contribution is -2.36. The van der Waals surface area contributed by atoms with Crippen molar-refractivity contribution in [3.8, 4) is 6.07 Å². The summed E-state index contributed by atoms with van der Waals surface area (Å²) in [4.78, 5) is 14.5. The predicted molar refractivity (Wildman–Crippen MR) is 101 cm³/mol. The largest absolute Gasteiger partial charge is 0.378 e. The Morgan fingerprint density at radius 1 is 1.12 bits per heavy atom. The van der Waals surface area contributed by atoms with E-state index in [-0.39, 0.29) is 11.5 Å². The number of carbonyl (C=O) groups excluding carboxylic acids is 1. The Bertz CT molecular complexity index is 801. The Morgan fingerprint density at radius 3 is 2.46 bits per heavy atom. The lowest BCUT2D eigenvalue weighted by molar-refractivity contribution is -0.117. The normalized spacial score (nSPS) is 14.6. The molecular formula is C21H21N3O2. The molecule has 2 aromatic rings. The minimum Gasteiger partial charge on any atom is -0.378 e. The molecule has 3 rings (SSSR count). The molecular weight excluding hydrogens is 326 g/mol. The fraction of sp³-hybridized carbons (Fsp3) is 0.238. The Labute approximate surface area is 153 Å². The number of hydrogen-bond donors (Lipinski definition) is 1. The topological polar surface area (TPSA) is 65.4 Å². The molecule has 1 heterocycles. The molecule has 1 fully saturated rings. The van der Waals surface area contributed by atoms with Crippen LogP contribution >= 0.6 is 0 Å². The van der Waals surface area contributed by atoms with Crippen molar-refractivity contribution >= 4 is 17.7 Å². The maximum atomic E-state index is 12.2. The lowest BCUT2D eigenvalue weighted by atomic mass is 10.1. The molecule has 0 radical (unpaired) electrons. The van der Waals surface area contributed by atoms with Crippen molar-refractivity contribution in [3.63, 3.8) is 0 Å². The third kappa shape index (κ3) is 4.71. The van der Waals surface area contributed by atoms with E-state index in [1.165, 1.54) is 0 Å². The average Bonchev–Trinajstić information content (AvgIpc) is 2.72. The first-order valence-corrected chi connectivity index (χ1v) is 8.63. The summed E-state index contributed by atoms with van der Waals surface area (Å²) in [6.45, 7) is 3.62. The molecule has 1 N–H and O–H groups in total. The van der Waals surface area contributed by atoms with Crippen LogP contribution in [0.5, 0.6) is 0 Å². The fourth-order valence-electron chi connectivity index (χ4n) is 2.79. The highest BCUT2D eigenvalue weighted by Gasteiger charge is 2.11. The lowest BCUT2D eigenvalue weighted by Gasteiger charge is -2.28. The molecule has 1 amide bonds. The highest BCUT2D eigenvalue weighted by Crippen LogP contribution is 2.18. The maximum absolute atomic E-state index is 12.2. The SMILES string of the molecule is N#C/C(=C\c1ccc(N2CCOCC2)cc1)C(=O)NCc1ccccc1. The monoisotopic (exact) mass is 347 g/mol. The summed E-state index contributed by atoms with van der Waals surface area (Å²) in [7, 11) is 0. The Morgan fingerprint density at radius 2 is 1.81 bits per heavy atom. The predicted octanol–water partition coefficient (Wildman–Crippen LogP) is 2.75. The van der Waals surface area contributed by atoms with Gasteiger partial charge >= 0.3 is 0 Å². The van der Waals surface area contributed by atoms with Gasteiger partial charge in [-0.05, 0) is 29.3 Å². The first kappa shape index (κ1) is 17.7. The number of nitrogens with zero attached hydrogens (tertiary/aromatic N) is 2. The number of morpholine rings is 1. The molecule has 26 heavy (non-hydrogen) atoms. The second-order valence-corrected chi connectivity index (χ2v) is 6.03. The van der Waals surface area contributed by atoms with Crippen LogP contribution in [0.3, 0.4) is 0 Å². The quantitative estimate of drug-likeness (QED) is 0.667. The van der Waals surface area contributed by atoms with Gasteiger partial charge in [-0.2, -0.15) is 5.26 Å². The standard InChI is InChI=1S/C21H21N3O2/c22-15-19(21(25)23-16-18-4-2-1-3-5-18)14-17-6-8-20(9-7-17)24-10-12-26-13-11-24/h1-9,14H,10-13,16H2,(H,23,25)/b19-14+. The van der Waals surface area contributed by atoms with Crippen LogP contribution in [0.4, 0.5) is 5.69 Å². The molecule has 0 unspecified atom stereocenters. The number of hydrogen-bond acceptors (Lipinski definition) is 4. The van der Waals surface area contributed by atoms with Crippen molar-refractivity contribution in [2.75, 3.05) is 31.2 Å². The molecule has 0 spiro atoms. The minimum atomic E-state index is -0.367. The third-order valence-corrected chi connectivity index (χ3v) is 4.24. The molecule has 0 bridgehead atoms. The van der Waals surface area contributed by atoms with E-state index < -0.39 is 0 Å². The Kier molecular flexibility index (Phi) is 6.02. The molecule has 1 saturated heterocycles. The van der Waals surface area contributed by atoms with Gasteiger partial charge in [0.15, 0.2) is 0 Å². The summed E-state index contributed by atoms with van der Waals surface area (Å²) in [5, 5.41) is 12.1. The first-order valence-electron chi connectivity index (χ1n) is 8.63. The van der Waals surface area contributed by atoms with Gasteiger partial charge in [0.05, 0.1) is 13.2 Å². The van der Waals surface area contributed by atoms with Crippen LogP contribution < -0.4 is 10.2 Å². The molecule has 1 aliphatic rings. The number of ether oxygens (including phenoxy) is 1. The molecule has 0 aliphatic carbocycles. The van der Waals surface area contributed by atoms with E-state index in [1.807, 2.05) is 60.7 Å². The van der Waals surface area contributed by atoms with Crippen LogP contribution in [-0.2, 0) is 16.1 Å². The van der Waals surface area contributed by atoms with Crippen molar-refractivity contribution in [2.24, 2.45) is 0 Å². The van der Waals surface area contributed by atoms with Gasteiger partial charge in [-0.1, -0.05) is 42.5 Å². The van der Waals surface area contributed by atoms with Crippen molar-refractivity contribution in [1.29, 1.82) is 5.26 Å². The van der Waals surface area contributed by atoms with Crippen LogP contribution in [0.25, 0.3) is 6.08 Å². The van der Waals surface area contributed by atoms with E-state index in [0.717, 1.165) is 43.1 Å². The Hall–Kier alpha value is -3.10. The average molecular weight is 347 g/mol. The molecule has 132 valence electrons. The molecule has 0 saturated carbocycles. The van der Waals surface area contributed by atoms with E-state index in [9.17, 15) is 10.1 Å². The molecule has 0 aromatic heterocycles. The number of nitrogens with one attached hydrogen (secondary N) is 1. The van der Waals surface area contributed by atoms with E-state index in [2.05, 4.69) is 10.2 Å². The third-order valence-electron chi connectivity index (χ3n) is 4.24. The summed E-state index contributed by atoms with van der Waals surface area (Å²) in [5.74, 6) is -0.367. The van der Waals surface area contributed by atoms with Crippen molar-refractivity contribution in [1.82, 2.24) is 5.32 Å². The van der Waals surface area contributed by atoms with Crippen molar-refractivity contribution in [3.05, 3.63) is 71.3 Å². The van der Waals surface area contributed by atoms with E-state index in [4.69, 9.17) is 4.74 Å². The number of anilines is 1. The van der Waals surface area contributed by atoms with Crippen LogP contribution in [0.1, 0.15) is 11.1 Å². The van der Waals surface area contributed by atoms with E-state index in [0.29, 0.717) is 6.54 Å². The van der Waals surface area contributed by atoms with Crippen LogP contribution in [0.15, 0.2) is 60.2 Å². The van der Waals surface area contributed by atoms with Gasteiger partial charge in [0.25, 0.3) is 5.91 Å². The zero-order chi connectivity index (χ0) is 18.2. The van der Waals surface area contributed by atoms with Gasteiger partial charge < -0.3 is 15.0 Å². The summed E-state index contributed by atoms with van der Waals surface area (Å²) >= 11 is 0. The van der Waals surface area contributed by atoms with Gasteiger partial charge in [-0.3, -0.25) is 4.79 Å². The smallest absolute Gasteiger partial charge is 0.262 e. The van der Waals surface area contributed by atoms with E-state index in [1.54, 1.807) is 6.08 Å². The first-order chi connectivity index (χ1) is 12.8. The maximum Gasteiger partial charge on any atom is 0.262 e. The zero-order valence-corrected chi connectivity index (χ0v) is 14.5. The van der Waals surface area contributed by atoms with Crippen LogP contribution in [-0.4, -0.2) is 32.2 Å². The Balaban J connectivity index is 1.64. The van der Waals surface area contributed by atoms with Gasteiger partial charge in [0.2, 0.25) is 0 Å². The van der Waals surface area contributed by atoms with Crippen LogP contribution in [0, 0.1) is 11.3 Å². The van der Waals surface area contributed by atoms with Crippen LogP contribution in [0.2, 0.25) is 0 Å². The second kappa shape index (κ2) is 8.84. The molecule has 1 aliphatic heterocycles. The summed E-state index contributed by atoms with van der Waals surface area (Å²) in [5.41, 5.74) is 3.04. The number of amides is 1. The fourth-order valence-corrected chi connectivity index (χ4v) is 2.79. The van der Waals surface area contributed by atoms with Gasteiger partial charge in [0.1, 0.15) is 11.6 Å². The highest BCUT2D eigenvalue weighted by atomic mass is 16.5. The molecule has 5 heteroatoms. The van der Waals surface area contributed by atoms with Gasteiger partial charge in [-0.25, -0.2) is 0 Å². The minimum absolute atomic E-state index is 0.0973. The van der Waals surface area contributed by atoms with Crippen molar-refractivity contribution in [2.45, 2.75) is 6.54 Å². The summed E-state index contributed by atoms with van der Waals surface area (Å²) in [6, 6.07) is 19.5. The molecule has 0 atom stereocenters. The number of benzene rings is 2. The summed E-state index contributed by atoms with van der Waals surface area (Å²) in [6.07, 6.45) is 1.61.